The van der Waals surface area contributed by atoms with Gasteiger partial charge in [0, 0.05) is 26.8 Å². The predicted octanol–water partition coefficient (Wildman–Crippen LogP) is -0.0288. The van der Waals surface area contributed by atoms with Crippen LogP contribution in [0.15, 0.2) is 0 Å². The molecule has 0 atom stereocenters. The second-order valence-electron chi connectivity index (χ2n) is 5.43. The number of nitrogens with zero attached hydrogens (tertiary/aromatic N) is 1. The Kier molecular flexibility index (Phi) is 4.52. The van der Waals surface area contributed by atoms with Crippen LogP contribution in [0.1, 0.15) is 26.7 Å². The van der Waals surface area contributed by atoms with Gasteiger partial charge in [-0.05, 0) is 26.7 Å². The van der Waals surface area contributed by atoms with Gasteiger partial charge in [0.2, 0.25) is 5.91 Å². The molecular formula is C12H24N2O3. The van der Waals surface area contributed by atoms with Crippen LogP contribution in [0.25, 0.3) is 0 Å². The van der Waals surface area contributed by atoms with E-state index in [9.17, 15) is 9.90 Å². The third-order valence-electron chi connectivity index (χ3n) is 3.89. The van der Waals surface area contributed by atoms with Gasteiger partial charge in [0.15, 0.2) is 0 Å². The molecule has 3 N–H and O–H groups in total. The van der Waals surface area contributed by atoms with Crippen LogP contribution < -0.4 is 5.73 Å². The van der Waals surface area contributed by atoms with E-state index in [1.54, 1.807) is 11.9 Å². The van der Waals surface area contributed by atoms with E-state index in [1.165, 1.54) is 0 Å². The number of carbonyl (C=O) groups excluding carboxylic acids is 1. The standard InChI is InChI=1S/C12H24N2O3/c1-11(2,9-15)14(3)10(16)12(8-13)4-6-17-7-5-12/h15H,4-9,13H2,1-3H3. The van der Waals surface area contributed by atoms with E-state index in [2.05, 4.69) is 0 Å². The van der Waals surface area contributed by atoms with E-state index >= 15 is 0 Å². The minimum absolute atomic E-state index is 0.0161. The second kappa shape index (κ2) is 5.33. The fourth-order valence-electron chi connectivity index (χ4n) is 2.00. The van der Waals surface area contributed by atoms with Crippen LogP contribution in [0.5, 0.6) is 0 Å². The van der Waals surface area contributed by atoms with Crippen molar-refractivity contribution in [1.82, 2.24) is 4.90 Å². The van der Waals surface area contributed by atoms with Gasteiger partial charge >= 0.3 is 0 Å². The quantitative estimate of drug-likeness (QED) is 0.728. The van der Waals surface area contributed by atoms with Gasteiger partial charge in [-0.2, -0.15) is 0 Å². The SMILES string of the molecule is CN(C(=O)C1(CN)CCOCC1)C(C)(C)CO. The number of nitrogens with two attached hydrogens (primary N) is 1. The predicted molar refractivity (Wildman–Crippen MR) is 65.5 cm³/mol. The zero-order chi connectivity index (χ0) is 13.1. The number of carbonyl (C=O) groups is 1. The van der Waals surface area contributed by atoms with Gasteiger partial charge < -0.3 is 20.5 Å². The van der Waals surface area contributed by atoms with Crippen molar-refractivity contribution in [3.63, 3.8) is 0 Å². The van der Waals surface area contributed by atoms with Gasteiger partial charge in [0.1, 0.15) is 0 Å². The van der Waals surface area contributed by atoms with Gasteiger partial charge in [-0.15, -0.1) is 0 Å². The maximum absolute atomic E-state index is 12.5. The molecule has 5 nitrogen and oxygen atoms in total. The highest BCUT2D eigenvalue weighted by Crippen LogP contribution is 2.33. The summed E-state index contributed by atoms with van der Waals surface area (Å²) in [5.41, 5.74) is 4.72. The van der Waals surface area contributed by atoms with Crippen molar-refractivity contribution in [3.05, 3.63) is 0 Å². The molecule has 5 heteroatoms. The summed E-state index contributed by atoms with van der Waals surface area (Å²) >= 11 is 0. The van der Waals surface area contributed by atoms with Crippen LogP contribution in [0.2, 0.25) is 0 Å². The van der Waals surface area contributed by atoms with Crippen molar-refractivity contribution in [2.45, 2.75) is 32.2 Å². The second-order valence-corrected chi connectivity index (χ2v) is 5.43. The molecule has 0 aliphatic carbocycles. The van der Waals surface area contributed by atoms with E-state index in [0.717, 1.165) is 0 Å². The Morgan fingerprint density at radius 3 is 2.41 bits per heavy atom. The van der Waals surface area contributed by atoms with Gasteiger partial charge in [-0.1, -0.05) is 0 Å². The van der Waals surface area contributed by atoms with Crippen molar-refractivity contribution in [1.29, 1.82) is 0 Å². The lowest BCUT2D eigenvalue weighted by Gasteiger charge is -2.43. The molecule has 1 amide bonds. The van der Waals surface area contributed by atoms with Crippen molar-refractivity contribution in [2.75, 3.05) is 33.4 Å². The molecule has 1 heterocycles. The lowest BCUT2D eigenvalue weighted by Crippen LogP contribution is -2.56. The minimum atomic E-state index is -0.558. The van der Waals surface area contributed by atoms with Crippen molar-refractivity contribution in [3.8, 4) is 0 Å². The summed E-state index contributed by atoms with van der Waals surface area (Å²) < 4.78 is 5.29. The summed E-state index contributed by atoms with van der Waals surface area (Å²) in [6, 6.07) is 0. The fourth-order valence-corrected chi connectivity index (χ4v) is 2.00. The first kappa shape index (κ1) is 14.4. The van der Waals surface area contributed by atoms with Crippen LogP contribution in [-0.2, 0) is 9.53 Å². The number of ether oxygens (including phenoxy) is 1. The molecule has 1 aliphatic rings. The van der Waals surface area contributed by atoms with E-state index in [-0.39, 0.29) is 12.5 Å². The molecule has 1 saturated heterocycles. The average molecular weight is 244 g/mol. The molecular weight excluding hydrogens is 220 g/mol. The monoisotopic (exact) mass is 244 g/mol. The fraction of sp³-hybridized carbons (Fsp3) is 0.917. The molecule has 0 aromatic heterocycles. The van der Waals surface area contributed by atoms with Gasteiger partial charge in [0.05, 0.1) is 17.6 Å². The van der Waals surface area contributed by atoms with Crippen LogP contribution in [0.4, 0.5) is 0 Å². The first-order chi connectivity index (χ1) is 7.89. The molecule has 1 aliphatic heterocycles. The largest absolute Gasteiger partial charge is 0.394 e. The number of likely N-dealkylation sites (N-methyl/N-ethyl adjacent to an activating group) is 1. The van der Waals surface area contributed by atoms with E-state index < -0.39 is 11.0 Å². The number of rotatable bonds is 4. The summed E-state index contributed by atoms with van der Waals surface area (Å²) in [6.07, 6.45) is 1.32. The Balaban J connectivity index is 2.85. The summed E-state index contributed by atoms with van der Waals surface area (Å²) in [6.45, 7) is 5.11. The topological polar surface area (TPSA) is 75.8 Å². The molecule has 0 aromatic rings. The maximum Gasteiger partial charge on any atom is 0.230 e. The Morgan fingerprint density at radius 1 is 1.47 bits per heavy atom. The number of hydrogen-bond acceptors (Lipinski definition) is 4. The highest BCUT2D eigenvalue weighted by Gasteiger charge is 2.43. The molecule has 0 saturated carbocycles. The highest BCUT2D eigenvalue weighted by atomic mass is 16.5. The molecule has 17 heavy (non-hydrogen) atoms. The van der Waals surface area contributed by atoms with E-state index in [4.69, 9.17) is 10.5 Å². The normalized spacial score (nSPS) is 20.1. The highest BCUT2D eigenvalue weighted by molar-refractivity contribution is 5.83. The smallest absolute Gasteiger partial charge is 0.230 e. The third-order valence-corrected chi connectivity index (χ3v) is 3.89. The summed E-state index contributed by atoms with van der Waals surface area (Å²) in [7, 11) is 1.73. The number of amides is 1. The van der Waals surface area contributed by atoms with Crippen LogP contribution in [-0.4, -0.2) is 54.9 Å². The number of aliphatic hydroxyl groups is 1. The zero-order valence-electron chi connectivity index (χ0n) is 11.0. The number of aliphatic hydroxyl groups excluding tert-OH is 1. The lowest BCUT2D eigenvalue weighted by atomic mass is 9.78. The van der Waals surface area contributed by atoms with E-state index in [1.807, 2.05) is 13.8 Å². The first-order valence-electron chi connectivity index (χ1n) is 6.06. The molecule has 0 unspecified atom stereocenters. The third kappa shape index (κ3) is 2.78. The Hall–Kier alpha value is -0.650. The van der Waals surface area contributed by atoms with Crippen molar-refractivity contribution >= 4 is 5.91 Å². The van der Waals surface area contributed by atoms with Crippen LogP contribution in [0, 0.1) is 5.41 Å². The lowest BCUT2D eigenvalue weighted by molar-refractivity contribution is -0.152. The Bertz CT molecular complexity index is 273. The average Bonchev–Trinajstić information content (AvgIpc) is 2.37. The van der Waals surface area contributed by atoms with Crippen LogP contribution >= 0.6 is 0 Å². The number of hydrogen-bond donors (Lipinski definition) is 2. The molecule has 0 aromatic carbocycles. The minimum Gasteiger partial charge on any atom is -0.394 e. The zero-order valence-corrected chi connectivity index (χ0v) is 11.0. The summed E-state index contributed by atoms with van der Waals surface area (Å²) in [4.78, 5) is 14.2. The van der Waals surface area contributed by atoms with Crippen molar-refractivity contribution in [2.24, 2.45) is 11.1 Å². The van der Waals surface area contributed by atoms with E-state index in [0.29, 0.717) is 32.6 Å². The summed E-state index contributed by atoms with van der Waals surface area (Å²) in [5.74, 6) is 0.0161. The molecule has 0 radical (unpaired) electrons. The Labute approximate surface area is 103 Å². The molecule has 0 bridgehead atoms. The van der Waals surface area contributed by atoms with Crippen LogP contribution in [0.3, 0.4) is 0 Å². The molecule has 100 valence electrons. The van der Waals surface area contributed by atoms with Gasteiger partial charge in [-0.25, -0.2) is 0 Å². The van der Waals surface area contributed by atoms with Gasteiger partial charge in [-0.3, -0.25) is 4.79 Å². The molecule has 1 rings (SSSR count). The first-order valence-corrected chi connectivity index (χ1v) is 6.06. The van der Waals surface area contributed by atoms with Crippen molar-refractivity contribution < 1.29 is 14.6 Å². The van der Waals surface area contributed by atoms with Gasteiger partial charge in [0.25, 0.3) is 0 Å². The maximum atomic E-state index is 12.5. The summed E-state index contributed by atoms with van der Waals surface area (Å²) in [5, 5.41) is 9.32. The Morgan fingerprint density at radius 2 is 2.00 bits per heavy atom. The molecule has 0 spiro atoms. The molecule has 1 fully saturated rings.